The molecule has 0 aromatic carbocycles. The third-order valence-corrected chi connectivity index (χ3v) is 13.3. The largest absolute Gasteiger partial charge is 0.469 e. The van der Waals surface area contributed by atoms with Crippen molar-refractivity contribution < 1.29 is 22.2 Å². The van der Waals surface area contributed by atoms with E-state index in [9.17, 15) is 0 Å². The van der Waals surface area contributed by atoms with Crippen LogP contribution < -0.4 is 0 Å². The summed E-state index contributed by atoms with van der Waals surface area (Å²) in [5, 5.41) is 19.8. The molecule has 0 spiro atoms. The Kier molecular flexibility index (Phi) is 54.4. The fraction of sp³-hybridized carbons (Fsp3) is 0.557. The number of H-pyrrole nitrogens is 3. The lowest BCUT2D eigenvalue weighted by Gasteiger charge is -2.04. The van der Waals surface area contributed by atoms with Gasteiger partial charge in [0, 0.05) is 124 Å². The number of aromatic nitrogens is 15. The summed E-state index contributed by atoms with van der Waals surface area (Å²) in [6.45, 7) is 52.3. The Morgan fingerprint density at radius 1 is 0.444 bits per heavy atom. The molecule has 0 atom stereocenters. The zero-order chi connectivity index (χ0) is 71.0. The van der Waals surface area contributed by atoms with Gasteiger partial charge in [-0.15, -0.1) is 10.2 Å². The van der Waals surface area contributed by atoms with Crippen LogP contribution in [0.4, 0.5) is 0 Å². The van der Waals surface area contributed by atoms with E-state index >= 15 is 0 Å². The Morgan fingerprint density at radius 2 is 1.06 bits per heavy atom. The summed E-state index contributed by atoms with van der Waals surface area (Å²) < 4.78 is 31.0. The van der Waals surface area contributed by atoms with Gasteiger partial charge in [0.1, 0.15) is 29.4 Å². The lowest BCUT2D eigenvalue weighted by molar-refractivity contribution is 0.388. The van der Waals surface area contributed by atoms with Crippen molar-refractivity contribution in [3.05, 3.63) is 210 Å². The van der Waals surface area contributed by atoms with Crippen LogP contribution in [0, 0.1) is 20.8 Å². The van der Waals surface area contributed by atoms with Gasteiger partial charge in [-0.3, -0.25) is 9.36 Å². The molecule has 0 fully saturated rings. The van der Waals surface area contributed by atoms with E-state index in [1.807, 2.05) is 120 Å². The molecule has 11 rings (SSSR count). The normalized spacial score (nSPS) is 10.0. The van der Waals surface area contributed by atoms with Crippen molar-refractivity contribution in [2.75, 3.05) is 0 Å². The maximum atomic E-state index is 5.12. The molecule has 560 valence electrons. The van der Waals surface area contributed by atoms with E-state index in [0.717, 1.165) is 46.1 Å². The molecular formula is C79H139N15O5. The highest BCUT2D eigenvalue weighted by molar-refractivity contribution is 5.13. The van der Waals surface area contributed by atoms with Crippen LogP contribution in [0.15, 0.2) is 152 Å². The summed E-state index contributed by atoms with van der Waals surface area (Å²) >= 11 is 0. The molecule has 11 aromatic heterocycles. The summed E-state index contributed by atoms with van der Waals surface area (Å²) in [7, 11) is 6.00. The minimum atomic E-state index is 0. The lowest BCUT2D eigenvalue weighted by atomic mass is 10.1. The monoisotopic (exact) mass is 1380 g/mol. The van der Waals surface area contributed by atoms with Gasteiger partial charge in [0.05, 0.1) is 42.1 Å². The molecule has 0 saturated carbocycles. The van der Waals surface area contributed by atoms with Gasteiger partial charge in [-0.25, -0.2) is 19.9 Å². The second-order valence-corrected chi connectivity index (χ2v) is 25.9. The summed E-state index contributed by atoms with van der Waals surface area (Å²) in [4.78, 5) is 24.9. The molecule has 11 heterocycles. The maximum absolute atomic E-state index is 5.12. The van der Waals surface area contributed by atoms with Crippen LogP contribution in [0.2, 0.25) is 0 Å². The molecular weight excluding hydrogens is 1240 g/mol. The summed E-state index contributed by atoms with van der Waals surface area (Å²) in [6.07, 6.45) is 21.3. The van der Waals surface area contributed by atoms with Crippen LogP contribution in [0.3, 0.4) is 0 Å². The van der Waals surface area contributed by atoms with Crippen molar-refractivity contribution in [2.45, 2.75) is 275 Å². The van der Waals surface area contributed by atoms with Gasteiger partial charge in [-0.05, 0) is 97.9 Å². The second kappa shape index (κ2) is 54.4. The number of aryl methyl sites for hydroxylation is 6. The van der Waals surface area contributed by atoms with E-state index in [1.165, 1.54) is 29.2 Å². The van der Waals surface area contributed by atoms with Crippen molar-refractivity contribution in [1.29, 1.82) is 0 Å². The quantitative estimate of drug-likeness (QED) is 0.109. The summed E-state index contributed by atoms with van der Waals surface area (Å²) in [6, 6.07) is 18.4. The summed E-state index contributed by atoms with van der Waals surface area (Å²) in [5.41, 5.74) is 8.51. The Hall–Kier alpha value is -8.55. The first-order valence-electron chi connectivity index (χ1n) is 33.0. The van der Waals surface area contributed by atoms with Gasteiger partial charge < -0.3 is 41.7 Å². The van der Waals surface area contributed by atoms with E-state index in [4.69, 9.17) is 22.2 Å². The van der Waals surface area contributed by atoms with Gasteiger partial charge in [-0.2, -0.15) is 10.2 Å². The topological polar surface area (TPSA) is 244 Å². The highest BCUT2D eigenvalue weighted by Crippen LogP contribution is 2.18. The van der Waals surface area contributed by atoms with Crippen molar-refractivity contribution in [3.63, 3.8) is 0 Å². The number of hydrogen-bond acceptors (Lipinski definition) is 14. The van der Waals surface area contributed by atoms with Crippen molar-refractivity contribution >= 4 is 0 Å². The molecule has 11 aromatic rings. The van der Waals surface area contributed by atoms with Gasteiger partial charge in [0.2, 0.25) is 11.8 Å². The molecule has 99 heavy (non-hydrogen) atoms. The third kappa shape index (κ3) is 42.8. The Morgan fingerprint density at radius 3 is 1.28 bits per heavy atom. The standard InChI is InChI=1S/C8H14N2.C8H13N.C7H12N2.C7H11NO.C7H11N.C7H10O.C6H10N2O.2C6H10N2.2C6H9NO.5CH4/c1-6(2)8-5-7(3)9-10(8)4;1-7(2)8-5-4-6-9(8)3;1-6(2)7-4-5-9(3)8-7;1-5(2)7-4-6(3)9-8-7;2*1-6(2)7-4-3-5-8-7;1-4(2)6-8-7-5(3)9-6;1-5(2)6-3-7-4-8-6;1-5(2)6-7-3-4-8-6;1-5(2)6-3-7-4-8-6;1-5(2)6-7-3-4-8-6;;;;;/h5-6H,1-4H3;4-7H,1-3H3;4-6H,1-3H3;4-5H,1-3H3;3-6,8H,1-2H3;3-6H,1-2H3;4H,1-3H3;2*3-5H,1-2H3,(H,7,8);2*3-5H,1-2H3;5*1H4. The number of oxazole rings is 2. The van der Waals surface area contributed by atoms with E-state index in [1.54, 1.807) is 44.4 Å². The van der Waals surface area contributed by atoms with E-state index in [-0.39, 0.29) is 37.1 Å². The predicted octanol–water partition coefficient (Wildman–Crippen LogP) is 23.5. The smallest absolute Gasteiger partial charge is 0.219 e. The SMILES string of the molecule is C.C.C.C.C.CC(C)c1ccc[nH]1.CC(C)c1cccn1C.CC(C)c1ccco1.CC(C)c1ccn(C)n1.CC(C)c1cnc[nH]1.CC(C)c1cnco1.CC(C)c1ncc[nH]1.CC(C)c1ncco1.Cc1cc(C(C)C)n(C)n1.Cc1cc(C(C)C)no1.Cc1nnc(C(C)C)o1. The molecule has 0 bridgehead atoms. The van der Waals surface area contributed by atoms with Gasteiger partial charge in [-0.1, -0.05) is 195 Å². The van der Waals surface area contributed by atoms with Crippen LogP contribution in [0.5, 0.6) is 0 Å². The summed E-state index contributed by atoms with van der Waals surface area (Å²) in [5.74, 6) is 11.8. The van der Waals surface area contributed by atoms with E-state index < -0.39 is 0 Å². The fourth-order valence-electron chi connectivity index (χ4n) is 7.72. The molecule has 20 heteroatoms. The fourth-order valence-corrected chi connectivity index (χ4v) is 7.72. The number of aromatic amines is 3. The third-order valence-electron chi connectivity index (χ3n) is 13.3. The van der Waals surface area contributed by atoms with Crippen molar-refractivity contribution in [2.24, 2.45) is 21.1 Å². The minimum Gasteiger partial charge on any atom is -0.469 e. The van der Waals surface area contributed by atoms with Gasteiger partial charge in [0.25, 0.3) is 0 Å². The average Bonchev–Trinajstić information content (AvgIpc) is 1.76. The highest BCUT2D eigenvalue weighted by Gasteiger charge is 2.08. The minimum absolute atomic E-state index is 0. The van der Waals surface area contributed by atoms with Crippen LogP contribution in [-0.2, 0) is 21.1 Å². The molecule has 0 saturated heterocycles. The molecule has 20 nitrogen and oxygen atoms in total. The van der Waals surface area contributed by atoms with Crippen molar-refractivity contribution in [3.8, 4) is 0 Å². The Bertz CT molecular complexity index is 3020. The van der Waals surface area contributed by atoms with E-state index in [2.05, 4.69) is 227 Å². The number of rotatable bonds is 11. The Labute approximate surface area is 600 Å². The first kappa shape index (κ1) is 99.1. The molecule has 0 radical (unpaired) electrons. The number of furan rings is 1. The number of nitrogens with zero attached hydrogens (tertiary/aromatic N) is 12. The van der Waals surface area contributed by atoms with Crippen LogP contribution in [0.25, 0.3) is 0 Å². The zero-order valence-electron chi connectivity index (χ0n) is 62.4. The van der Waals surface area contributed by atoms with Gasteiger partial charge in [0.15, 0.2) is 12.3 Å². The molecule has 0 aliphatic heterocycles. The van der Waals surface area contributed by atoms with Crippen LogP contribution in [0.1, 0.15) is 335 Å². The van der Waals surface area contributed by atoms with Crippen LogP contribution >= 0.6 is 0 Å². The number of imidazole rings is 2. The van der Waals surface area contributed by atoms with E-state index in [0.29, 0.717) is 76.9 Å². The zero-order valence-corrected chi connectivity index (χ0v) is 62.4. The lowest BCUT2D eigenvalue weighted by Crippen LogP contribution is -1.99. The predicted molar refractivity (Wildman–Crippen MR) is 415 cm³/mol. The molecule has 0 amide bonds. The number of nitrogens with one attached hydrogen (secondary N) is 3. The molecule has 3 N–H and O–H groups in total. The average molecular weight is 1380 g/mol. The number of hydrogen-bond donors (Lipinski definition) is 3. The maximum Gasteiger partial charge on any atom is 0.219 e. The molecule has 0 aliphatic carbocycles. The Balaban J connectivity index is -0.000000326. The first-order valence-corrected chi connectivity index (χ1v) is 33.0. The molecule has 0 unspecified atom stereocenters. The first-order chi connectivity index (χ1) is 44.2. The van der Waals surface area contributed by atoms with Crippen LogP contribution in [-0.4, -0.2) is 74.4 Å². The van der Waals surface area contributed by atoms with Crippen molar-refractivity contribution in [1.82, 2.24) is 74.4 Å². The van der Waals surface area contributed by atoms with Gasteiger partial charge >= 0.3 is 0 Å². The second-order valence-electron chi connectivity index (χ2n) is 25.9. The molecule has 0 aliphatic rings. The highest BCUT2D eigenvalue weighted by atomic mass is 16.5.